The number of fused-ring (bicyclic) bond motifs is 1. The molecule has 0 saturated carbocycles. The van der Waals surface area contributed by atoms with E-state index in [-0.39, 0.29) is 12.3 Å². The first kappa shape index (κ1) is 17.6. The second kappa shape index (κ2) is 7.85. The number of hydrogen-bond donors (Lipinski definition) is 1. The van der Waals surface area contributed by atoms with E-state index in [1.54, 1.807) is 23.5 Å². The Morgan fingerprint density at radius 1 is 1.11 bits per heavy atom. The summed E-state index contributed by atoms with van der Waals surface area (Å²) in [5, 5.41) is 8.35. The lowest BCUT2D eigenvalue weighted by Gasteiger charge is -2.00. The van der Waals surface area contributed by atoms with Gasteiger partial charge >= 0.3 is 0 Å². The predicted octanol–water partition coefficient (Wildman–Crippen LogP) is 4.25. The van der Waals surface area contributed by atoms with Crippen molar-refractivity contribution < 1.29 is 9.32 Å². The van der Waals surface area contributed by atoms with Crippen molar-refractivity contribution >= 4 is 39.1 Å². The molecule has 4 aromatic rings. The van der Waals surface area contributed by atoms with Crippen molar-refractivity contribution in [3.8, 4) is 11.4 Å². The summed E-state index contributed by atoms with van der Waals surface area (Å²) in [7, 11) is 0. The van der Waals surface area contributed by atoms with Crippen LogP contribution < -0.4 is 5.32 Å². The average molecular weight is 399 g/mol. The first-order valence-electron chi connectivity index (χ1n) is 8.37. The van der Waals surface area contributed by atoms with Crippen molar-refractivity contribution in [1.82, 2.24) is 20.4 Å². The Morgan fingerprint density at radius 2 is 1.93 bits per heavy atom. The number of aryl methyl sites for hydroxylation is 1. The van der Waals surface area contributed by atoms with Gasteiger partial charge in [0.2, 0.25) is 17.6 Å². The molecule has 0 aliphatic carbocycles. The zero-order valence-corrected chi connectivity index (χ0v) is 15.8. The molecule has 1 N–H and O–H groups in total. The van der Waals surface area contributed by atoms with Gasteiger partial charge in [0.15, 0.2) is 0 Å². The van der Waals surface area contributed by atoms with Gasteiger partial charge < -0.3 is 9.84 Å². The molecule has 0 atom stereocenters. The number of nitrogens with one attached hydrogen (secondary N) is 1. The van der Waals surface area contributed by atoms with E-state index in [9.17, 15) is 4.79 Å². The molecular weight excluding hydrogens is 384 g/mol. The maximum absolute atomic E-state index is 12.1. The normalized spacial score (nSPS) is 11.0. The number of benzene rings is 2. The molecule has 6 nitrogen and oxygen atoms in total. The van der Waals surface area contributed by atoms with Crippen molar-refractivity contribution in [3.05, 3.63) is 64.5 Å². The van der Waals surface area contributed by atoms with Crippen LogP contribution in [0.4, 0.5) is 0 Å². The number of carbonyl (C=O) groups excluding carboxylic acids is 1. The molecule has 0 saturated heterocycles. The number of carbonyl (C=O) groups is 1. The summed E-state index contributed by atoms with van der Waals surface area (Å²) in [4.78, 5) is 20.9. The number of rotatable bonds is 6. The summed E-state index contributed by atoms with van der Waals surface area (Å²) in [6.45, 7) is 0.415. The molecule has 136 valence electrons. The Balaban J connectivity index is 1.29. The van der Waals surface area contributed by atoms with E-state index < -0.39 is 0 Å². The first-order chi connectivity index (χ1) is 13.2. The van der Waals surface area contributed by atoms with Gasteiger partial charge in [0.1, 0.15) is 5.01 Å². The van der Waals surface area contributed by atoms with Crippen LogP contribution in [0.25, 0.3) is 21.6 Å². The molecule has 0 spiro atoms. The zero-order valence-electron chi connectivity index (χ0n) is 14.2. The van der Waals surface area contributed by atoms with E-state index in [4.69, 9.17) is 16.1 Å². The molecule has 0 radical (unpaired) electrons. The zero-order chi connectivity index (χ0) is 18.6. The molecule has 27 heavy (non-hydrogen) atoms. The Kier molecular flexibility index (Phi) is 5.13. The van der Waals surface area contributed by atoms with E-state index in [0.29, 0.717) is 29.7 Å². The lowest BCUT2D eigenvalue weighted by molar-refractivity contribution is -0.121. The highest BCUT2D eigenvalue weighted by Gasteiger charge is 2.11. The summed E-state index contributed by atoms with van der Waals surface area (Å²) in [5.41, 5.74) is 1.77. The van der Waals surface area contributed by atoms with E-state index in [2.05, 4.69) is 20.4 Å². The number of aromatic nitrogens is 3. The van der Waals surface area contributed by atoms with Crippen molar-refractivity contribution in [2.24, 2.45) is 0 Å². The van der Waals surface area contributed by atoms with Gasteiger partial charge in [-0.05, 0) is 36.4 Å². The first-order valence-corrected chi connectivity index (χ1v) is 9.56. The fourth-order valence-electron chi connectivity index (χ4n) is 2.55. The monoisotopic (exact) mass is 398 g/mol. The van der Waals surface area contributed by atoms with E-state index in [0.717, 1.165) is 20.8 Å². The minimum absolute atomic E-state index is 0.0829. The molecule has 2 heterocycles. The van der Waals surface area contributed by atoms with Gasteiger partial charge in [-0.25, -0.2) is 4.98 Å². The van der Waals surface area contributed by atoms with Crippen LogP contribution in [-0.2, 0) is 17.8 Å². The third-order valence-corrected chi connectivity index (χ3v) is 5.20. The van der Waals surface area contributed by atoms with Crippen molar-refractivity contribution in [1.29, 1.82) is 0 Å². The molecule has 4 rings (SSSR count). The van der Waals surface area contributed by atoms with Gasteiger partial charge in [-0.15, -0.1) is 11.3 Å². The fourth-order valence-corrected chi connectivity index (χ4v) is 3.58. The lowest BCUT2D eigenvalue weighted by Crippen LogP contribution is -2.22. The van der Waals surface area contributed by atoms with Crippen LogP contribution >= 0.6 is 22.9 Å². The van der Waals surface area contributed by atoms with Crippen LogP contribution in [0.1, 0.15) is 17.3 Å². The Hall–Kier alpha value is -2.77. The van der Waals surface area contributed by atoms with Gasteiger partial charge in [-0.3, -0.25) is 4.79 Å². The quantitative estimate of drug-likeness (QED) is 0.525. The minimum Gasteiger partial charge on any atom is -0.350 e. The van der Waals surface area contributed by atoms with Gasteiger partial charge in [0.05, 0.1) is 16.8 Å². The molecule has 2 aromatic carbocycles. The molecule has 8 heteroatoms. The second-order valence-corrected chi connectivity index (χ2v) is 7.42. The molecule has 0 aliphatic heterocycles. The van der Waals surface area contributed by atoms with Crippen LogP contribution in [0, 0.1) is 0 Å². The summed E-state index contributed by atoms with van der Waals surface area (Å²) in [6.07, 6.45) is 0.652. The third kappa shape index (κ3) is 4.32. The van der Waals surface area contributed by atoms with Crippen LogP contribution in [0.3, 0.4) is 0 Å². The maximum Gasteiger partial charge on any atom is 0.227 e. The van der Waals surface area contributed by atoms with Gasteiger partial charge in [-0.1, -0.05) is 28.9 Å². The standard InChI is InChI=1S/C19H15ClN4O2S/c20-13-7-5-12(6-8-13)19-23-17(26-24-19)10-9-16(25)21-11-18-22-14-3-1-2-4-15(14)27-18/h1-8H,9-11H2,(H,21,25). The molecular formula is C19H15ClN4O2S. The number of para-hydroxylation sites is 1. The summed E-state index contributed by atoms with van der Waals surface area (Å²) in [5.74, 6) is 0.826. The molecule has 2 aromatic heterocycles. The highest BCUT2D eigenvalue weighted by molar-refractivity contribution is 7.18. The van der Waals surface area contributed by atoms with Crippen molar-refractivity contribution in [2.75, 3.05) is 0 Å². The predicted molar refractivity (Wildman–Crippen MR) is 105 cm³/mol. The largest absolute Gasteiger partial charge is 0.350 e. The average Bonchev–Trinajstić information content (AvgIpc) is 3.32. The topological polar surface area (TPSA) is 80.9 Å². The Bertz CT molecular complexity index is 1040. The Labute approximate surface area is 164 Å². The number of nitrogens with zero attached hydrogens (tertiary/aromatic N) is 3. The van der Waals surface area contributed by atoms with Crippen LogP contribution in [0.5, 0.6) is 0 Å². The third-order valence-electron chi connectivity index (χ3n) is 3.91. The van der Waals surface area contributed by atoms with Gasteiger partial charge in [0, 0.05) is 23.4 Å². The van der Waals surface area contributed by atoms with Crippen molar-refractivity contribution in [2.45, 2.75) is 19.4 Å². The van der Waals surface area contributed by atoms with E-state index >= 15 is 0 Å². The number of hydrogen-bond acceptors (Lipinski definition) is 6. The number of thiazole rings is 1. The molecule has 1 amide bonds. The summed E-state index contributed by atoms with van der Waals surface area (Å²) >= 11 is 7.45. The highest BCUT2D eigenvalue weighted by atomic mass is 35.5. The van der Waals surface area contributed by atoms with E-state index in [1.807, 2.05) is 36.4 Å². The molecule has 0 unspecified atom stereocenters. The van der Waals surface area contributed by atoms with Crippen LogP contribution in [0.2, 0.25) is 5.02 Å². The smallest absolute Gasteiger partial charge is 0.227 e. The molecule has 0 bridgehead atoms. The fraction of sp³-hybridized carbons (Fsp3) is 0.158. The molecule has 0 aliphatic rings. The van der Waals surface area contributed by atoms with Crippen LogP contribution in [-0.4, -0.2) is 21.0 Å². The molecule has 0 fully saturated rings. The summed E-state index contributed by atoms with van der Waals surface area (Å²) < 4.78 is 6.33. The van der Waals surface area contributed by atoms with Crippen LogP contribution in [0.15, 0.2) is 53.1 Å². The van der Waals surface area contributed by atoms with Gasteiger partial charge in [0.25, 0.3) is 0 Å². The lowest BCUT2D eigenvalue weighted by atomic mass is 10.2. The highest BCUT2D eigenvalue weighted by Crippen LogP contribution is 2.21. The van der Waals surface area contributed by atoms with Crippen molar-refractivity contribution in [3.63, 3.8) is 0 Å². The number of amides is 1. The second-order valence-electron chi connectivity index (χ2n) is 5.87. The number of halogens is 1. The van der Waals surface area contributed by atoms with E-state index in [1.165, 1.54) is 0 Å². The summed E-state index contributed by atoms with van der Waals surface area (Å²) in [6, 6.07) is 15.1. The van der Waals surface area contributed by atoms with Gasteiger partial charge in [-0.2, -0.15) is 4.98 Å². The minimum atomic E-state index is -0.0829. The maximum atomic E-state index is 12.1. The Morgan fingerprint density at radius 3 is 2.74 bits per heavy atom. The SMILES string of the molecule is O=C(CCc1nc(-c2ccc(Cl)cc2)no1)NCc1nc2ccccc2s1.